The second-order valence-electron chi connectivity index (χ2n) is 10.6. The van der Waals surface area contributed by atoms with Gasteiger partial charge in [0.15, 0.2) is 11.9 Å². The molecule has 2 N–H and O–H groups in total. The van der Waals surface area contributed by atoms with Gasteiger partial charge in [-0.25, -0.2) is 0 Å². The van der Waals surface area contributed by atoms with Crippen LogP contribution >= 0.6 is 0 Å². The number of fused-ring (bicyclic) bond motifs is 5. The maximum absolute atomic E-state index is 14.0. The SMILES string of the molecule is CC(=O)O[C@H]1C(=O)[C@]2(C)C(O)C[C@H]3OC[C@H]3[C@H]2C[C@]2(O)CCC(C)C1C2(C)C. The molecule has 0 aromatic carbocycles. The Morgan fingerprint density at radius 3 is 2.54 bits per heavy atom. The van der Waals surface area contributed by atoms with Crippen molar-refractivity contribution in [3.63, 3.8) is 0 Å². The van der Waals surface area contributed by atoms with Crippen LogP contribution in [0.15, 0.2) is 0 Å². The van der Waals surface area contributed by atoms with Crippen LogP contribution in [0.2, 0.25) is 0 Å². The molecule has 6 nitrogen and oxygen atoms in total. The van der Waals surface area contributed by atoms with Crippen molar-refractivity contribution in [2.45, 2.75) is 84.2 Å². The van der Waals surface area contributed by atoms with Gasteiger partial charge in [-0.1, -0.05) is 20.8 Å². The molecule has 4 aliphatic rings. The summed E-state index contributed by atoms with van der Waals surface area (Å²) in [4.78, 5) is 25.9. The molecule has 4 rings (SSSR count). The zero-order valence-corrected chi connectivity index (χ0v) is 17.6. The Labute approximate surface area is 167 Å². The number of aliphatic hydroxyl groups excluding tert-OH is 1. The van der Waals surface area contributed by atoms with Crippen LogP contribution in [0, 0.1) is 34.5 Å². The number of ether oxygens (including phenoxy) is 2. The van der Waals surface area contributed by atoms with Crippen molar-refractivity contribution in [1.29, 1.82) is 0 Å². The molecule has 4 fully saturated rings. The monoisotopic (exact) mass is 394 g/mol. The highest BCUT2D eigenvalue weighted by Crippen LogP contribution is 2.62. The first-order valence-corrected chi connectivity index (χ1v) is 10.7. The van der Waals surface area contributed by atoms with Gasteiger partial charge >= 0.3 is 5.97 Å². The van der Waals surface area contributed by atoms with Crippen LogP contribution in [0.4, 0.5) is 0 Å². The van der Waals surface area contributed by atoms with Gasteiger partial charge in [0.2, 0.25) is 0 Å². The number of hydrogen-bond acceptors (Lipinski definition) is 6. The van der Waals surface area contributed by atoms with E-state index in [4.69, 9.17) is 9.47 Å². The highest BCUT2D eigenvalue weighted by atomic mass is 16.5. The maximum atomic E-state index is 14.0. The minimum absolute atomic E-state index is 0.0579. The average molecular weight is 395 g/mol. The lowest BCUT2D eigenvalue weighted by Gasteiger charge is -2.64. The van der Waals surface area contributed by atoms with Crippen LogP contribution in [-0.2, 0) is 19.1 Å². The summed E-state index contributed by atoms with van der Waals surface area (Å²) < 4.78 is 11.3. The molecule has 3 aliphatic carbocycles. The smallest absolute Gasteiger partial charge is 0.303 e. The average Bonchev–Trinajstić information content (AvgIpc) is 2.57. The van der Waals surface area contributed by atoms with E-state index in [1.807, 2.05) is 20.8 Å². The van der Waals surface area contributed by atoms with E-state index in [0.29, 0.717) is 25.9 Å². The normalized spacial score (nSPS) is 52.4. The third-order valence-electron chi connectivity index (χ3n) is 9.04. The van der Waals surface area contributed by atoms with Crippen molar-refractivity contribution in [2.75, 3.05) is 6.61 Å². The number of carbonyl (C=O) groups is 2. The zero-order valence-electron chi connectivity index (χ0n) is 17.6. The fourth-order valence-electron chi connectivity index (χ4n) is 7.00. The summed E-state index contributed by atoms with van der Waals surface area (Å²) in [5.74, 6) is -0.886. The van der Waals surface area contributed by atoms with Crippen LogP contribution in [0.1, 0.15) is 60.3 Å². The largest absolute Gasteiger partial charge is 0.454 e. The molecule has 9 atom stereocenters. The number of ketones is 1. The predicted octanol–water partition coefficient (Wildman–Crippen LogP) is 2.10. The molecule has 3 unspecified atom stereocenters. The molecule has 0 aromatic rings. The standard InChI is InChI=1S/C22H34O6/c1-11-6-7-22(26)9-14-13-10-27-15(13)8-16(24)21(14,5)19(25)18(28-12(2)23)17(11)20(22,3)4/h11,13-18,24,26H,6-10H2,1-5H3/t11?,13-,14+,15+,16?,17?,18+,21-,22+/m0/s1. The first-order chi connectivity index (χ1) is 12.9. The van der Waals surface area contributed by atoms with E-state index >= 15 is 0 Å². The molecule has 2 bridgehead atoms. The lowest BCUT2D eigenvalue weighted by molar-refractivity contribution is -0.261. The Hall–Kier alpha value is -0.980. The van der Waals surface area contributed by atoms with Gasteiger partial charge in [0.05, 0.1) is 29.8 Å². The van der Waals surface area contributed by atoms with Gasteiger partial charge in [-0.3, -0.25) is 9.59 Å². The lowest BCUT2D eigenvalue weighted by atomic mass is 9.44. The summed E-state index contributed by atoms with van der Waals surface area (Å²) >= 11 is 0. The van der Waals surface area contributed by atoms with Gasteiger partial charge in [-0.15, -0.1) is 0 Å². The van der Waals surface area contributed by atoms with Crippen molar-refractivity contribution in [1.82, 2.24) is 0 Å². The Balaban J connectivity index is 1.88. The third-order valence-corrected chi connectivity index (χ3v) is 9.04. The van der Waals surface area contributed by atoms with Gasteiger partial charge < -0.3 is 19.7 Å². The molecule has 3 saturated carbocycles. The van der Waals surface area contributed by atoms with Crippen LogP contribution in [0.25, 0.3) is 0 Å². The summed E-state index contributed by atoms with van der Waals surface area (Å²) in [6.45, 7) is 9.79. The van der Waals surface area contributed by atoms with E-state index in [2.05, 4.69) is 6.92 Å². The number of esters is 1. The quantitative estimate of drug-likeness (QED) is 0.662. The fourth-order valence-corrected chi connectivity index (χ4v) is 7.00. The Morgan fingerprint density at radius 1 is 1.29 bits per heavy atom. The van der Waals surface area contributed by atoms with E-state index in [-0.39, 0.29) is 35.6 Å². The first-order valence-electron chi connectivity index (χ1n) is 10.7. The Bertz CT molecular complexity index is 689. The van der Waals surface area contributed by atoms with Gasteiger partial charge in [0, 0.05) is 30.6 Å². The Kier molecular flexibility index (Phi) is 4.54. The second-order valence-corrected chi connectivity index (χ2v) is 10.6. The molecule has 6 heteroatoms. The zero-order chi connectivity index (χ0) is 20.6. The summed E-state index contributed by atoms with van der Waals surface area (Å²) in [7, 11) is 0. The lowest BCUT2D eigenvalue weighted by Crippen LogP contribution is -2.70. The van der Waals surface area contributed by atoms with Crippen LogP contribution in [0.5, 0.6) is 0 Å². The van der Waals surface area contributed by atoms with E-state index in [9.17, 15) is 19.8 Å². The molecule has 1 heterocycles. The summed E-state index contributed by atoms with van der Waals surface area (Å²) in [6, 6.07) is 0. The molecule has 158 valence electrons. The van der Waals surface area contributed by atoms with Crippen LogP contribution in [-0.4, -0.2) is 52.5 Å². The van der Waals surface area contributed by atoms with Crippen molar-refractivity contribution >= 4 is 11.8 Å². The Morgan fingerprint density at radius 2 is 1.96 bits per heavy atom. The first kappa shape index (κ1) is 20.3. The minimum atomic E-state index is -1.05. The number of hydrogen-bond donors (Lipinski definition) is 2. The summed E-state index contributed by atoms with van der Waals surface area (Å²) in [5, 5.41) is 22.9. The number of aliphatic hydroxyl groups is 2. The molecular formula is C22H34O6. The van der Waals surface area contributed by atoms with Crippen molar-refractivity contribution in [3.8, 4) is 0 Å². The molecule has 0 amide bonds. The maximum Gasteiger partial charge on any atom is 0.303 e. The number of Topliss-reactive ketones (excluding diaryl/α,β-unsaturated/α-hetero) is 1. The third kappa shape index (κ3) is 2.50. The van der Waals surface area contributed by atoms with Gasteiger partial charge in [0.25, 0.3) is 0 Å². The molecular weight excluding hydrogens is 360 g/mol. The summed E-state index contributed by atoms with van der Waals surface area (Å²) in [6.07, 6.45) is 0.446. The topological polar surface area (TPSA) is 93.1 Å². The van der Waals surface area contributed by atoms with Crippen LogP contribution in [0.3, 0.4) is 0 Å². The van der Waals surface area contributed by atoms with E-state index in [0.717, 1.165) is 6.42 Å². The fraction of sp³-hybridized carbons (Fsp3) is 0.909. The van der Waals surface area contributed by atoms with Crippen LogP contribution < -0.4 is 0 Å². The highest BCUT2D eigenvalue weighted by Gasteiger charge is 2.68. The van der Waals surface area contributed by atoms with Gasteiger partial charge in [-0.2, -0.15) is 0 Å². The minimum Gasteiger partial charge on any atom is -0.454 e. The predicted molar refractivity (Wildman–Crippen MR) is 101 cm³/mol. The van der Waals surface area contributed by atoms with Crippen molar-refractivity contribution in [2.24, 2.45) is 34.5 Å². The molecule has 28 heavy (non-hydrogen) atoms. The van der Waals surface area contributed by atoms with E-state index in [1.165, 1.54) is 6.92 Å². The van der Waals surface area contributed by atoms with E-state index < -0.39 is 34.6 Å². The number of carbonyl (C=O) groups excluding carboxylic acids is 2. The molecule has 0 radical (unpaired) electrons. The van der Waals surface area contributed by atoms with Crippen molar-refractivity contribution in [3.05, 3.63) is 0 Å². The molecule has 1 aliphatic heterocycles. The van der Waals surface area contributed by atoms with Gasteiger partial charge in [0.1, 0.15) is 0 Å². The van der Waals surface area contributed by atoms with E-state index in [1.54, 1.807) is 0 Å². The molecule has 0 aromatic heterocycles. The second kappa shape index (κ2) is 6.26. The highest BCUT2D eigenvalue weighted by molar-refractivity contribution is 5.92. The van der Waals surface area contributed by atoms with Gasteiger partial charge in [-0.05, 0) is 38.0 Å². The number of rotatable bonds is 1. The summed E-state index contributed by atoms with van der Waals surface area (Å²) in [5.41, 5.74) is -2.62. The van der Waals surface area contributed by atoms with Crippen molar-refractivity contribution < 1.29 is 29.3 Å². The molecule has 1 saturated heterocycles. The molecule has 0 spiro atoms.